The Balaban J connectivity index is 2.48. The van der Waals surface area contributed by atoms with Crippen molar-refractivity contribution in [2.75, 3.05) is 16.8 Å². The van der Waals surface area contributed by atoms with E-state index in [2.05, 4.69) is 10.4 Å². The maximum atomic E-state index is 12.5. The van der Waals surface area contributed by atoms with Gasteiger partial charge in [0.1, 0.15) is 0 Å². The fourth-order valence-corrected chi connectivity index (χ4v) is 2.87. The minimum Gasteiger partial charge on any atom is -0.321 e. The molecule has 6 nitrogen and oxygen atoms in total. The third-order valence-electron chi connectivity index (χ3n) is 2.65. The first-order valence-corrected chi connectivity index (χ1v) is 6.97. The number of hydrogen-bond donors (Lipinski definition) is 2. The van der Waals surface area contributed by atoms with Crippen LogP contribution < -0.4 is 15.6 Å². The van der Waals surface area contributed by atoms with Crippen molar-refractivity contribution in [2.24, 2.45) is 5.84 Å². The summed E-state index contributed by atoms with van der Waals surface area (Å²) in [6.45, 7) is 0. The van der Waals surface area contributed by atoms with Crippen LogP contribution in [0.5, 0.6) is 0 Å². The molecular weight excluding hydrogens is 264 g/mol. The number of aromatic nitrogens is 1. The van der Waals surface area contributed by atoms with E-state index in [0.717, 1.165) is 4.31 Å². The van der Waals surface area contributed by atoms with Crippen LogP contribution in [0.1, 0.15) is 0 Å². The van der Waals surface area contributed by atoms with E-state index in [-0.39, 0.29) is 10.7 Å². The molecule has 0 aliphatic rings. The molecule has 2 rings (SSSR count). The molecule has 0 radical (unpaired) electrons. The molecule has 100 valence electrons. The third kappa shape index (κ3) is 2.51. The van der Waals surface area contributed by atoms with Gasteiger partial charge in [-0.05, 0) is 24.3 Å². The molecule has 0 saturated carbocycles. The number of nitrogens with two attached hydrogens (primary N) is 1. The van der Waals surface area contributed by atoms with Crippen molar-refractivity contribution in [3.05, 3.63) is 48.7 Å². The Hall–Kier alpha value is -2.12. The van der Waals surface area contributed by atoms with Crippen LogP contribution in [0.3, 0.4) is 0 Å². The van der Waals surface area contributed by atoms with Gasteiger partial charge in [0, 0.05) is 13.2 Å². The predicted octanol–water partition coefficient (Wildman–Crippen LogP) is 1.19. The van der Waals surface area contributed by atoms with Crippen molar-refractivity contribution in [2.45, 2.75) is 5.03 Å². The Morgan fingerprint density at radius 3 is 2.47 bits per heavy atom. The number of para-hydroxylation sites is 1. The van der Waals surface area contributed by atoms with E-state index >= 15 is 0 Å². The van der Waals surface area contributed by atoms with Gasteiger partial charge in [-0.2, -0.15) is 8.42 Å². The zero-order chi connectivity index (χ0) is 13.9. The summed E-state index contributed by atoms with van der Waals surface area (Å²) in [6.07, 6.45) is 1.41. The van der Waals surface area contributed by atoms with Crippen LogP contribution in [0.4, 0.5) is 11.4 Å². The molecule has 0 saturated heterocycles. The normalized spacial score (nSPS) is 11.1. The monoisotopic (exact) mass is 278 g/mol. The summed E-state index contributed by atoms with van der Waals surface area (Å²) in [5.74, 6) is 5.31. The molecule has 0 aliphatic carbocycles. The van der Waals surface area contributed by atoms with E-state index < -0.39 is 10.0 Å². The highest BCUT2D eigenvalue weighted by Crippen LogP contribution is 2.24. The number of benzene rings is 1. The molecule has 1 heterocycles. The van der Waals surface area contributed by atoms with Crippen LogP contribution in [-0.4, -0.2) is 20.4 Å². The first kappa shape index (κ1) is 13.3. The van der Waals surface area contributed by atoms with Crippen LogP contribution in [0, 0.1) is 0 Å². The van der Waals surface area contributed by atoms with Gasteiger partial charge in [-0.25, -0.2) is 4.98 Å². The molecule has 7 heteroatoms. The topological polar surface area (TPSA) is 88.3 Å². The van der Waals surface area contributed by atoms with Gasteiger partial charge in [-0.3, -0.25) is 10.1 Å². The van der Waals surface area contributed by atoms with Crippen LogP contribution >= 0.6 is 0 Å². The Labute approximate surface area is 111 Å². The van der Waals surface area contributed by atoms with E-state index in [1.54, 1.807) is 36.4 Å². The van der Waals surface area contributed by atoms with E-state index in [9.17, 15) is 8.42 Å². The van der Waals surface area contributed by atoms with Crippen molar-refractivity contribution in [3.63, 3.8) is 0 Å². The number of rotatable bonds is 4. The molecule has 2 aromatic rings. The second-order valence-corrected chi connectivity index (χ2v) is 5.69. The van der Waals surface area contributed by atoms with E-state index in [0.29, 0.717) is 5.69 Å². The van der Waals surface area contributed by atoms with Gasteiger partial charge in [0.2, 0.25) is 5.03 Å². The lowest BCUT2D eigenvalue weighted by Crippen LogP contribution is -2.28. The Morgan fingerprint density at radius 1 is 1.16 bits per heavy atom. The Bertz CT molecular complexity index is 658. The second kappa shape index (κ2) is 5.25. The Kier molecular flexibility index (Phi) is 3.68. The molecule has 0 spiro atoms. The van der Waals surface area contributed by atoms with Crippen molar-refractivity contribution < 1.29 is 8.42 Å². The number of sulfonamides is 1. The standard InChI is InChI=1S/C12H14N4O2S/c1-16(10-6-3-2-4-7-10)19(17,18)12-11(15-13)8-5-9-14-12/h2-9,15H,13H2,1H3. The summed E-state index contributed by atoms with van der Waals surface area (Å²) in [7, 11) is -2.28. The minimum absolute atomic E-state index is 0.108. The molecular formula is C12H14N4O2S. The molecule has 0 bridgehead atoms. The lowest BCUT2D eigenvalue weighted by atomic mass is 10.3. The molecule has 1 aromatic carbocycles. The van der Waals surface area contributed by atoms with Gasteiger partial charge in [0.25, 0.3) is 10.0 Å². The molecule has 0 amide bonds. The van der Waals surface area contributed by atoms with Gasteiger partial charge in [0.05, 0.1) is 11.4 Å². The fraction of sp³-hybridized carbons (Fsp3) is 0.0833. The maximum absolute atomic E-state index is 12.5. The zero-order valence-corrected chi connectivity index (χ0v) is 11.1. The number of hydrogen-bond acceptors (Lipinski definition) is 5. The lowest BCUT2D eigenvalue weighted by Gasteiger charge is -2.20. The second-order valence-electron chi connectivity index (χ2n) is 3.81. The van der Waals surface area contributed by atoms with Gasteiger partial charge in [-0.15, -0.1) is 0 Å². The molecule has 0 aliphatic heterocycles. The average Bonchev–Trinajstić information content (AvgIpc) is 2.47. The largest absolute Gasteiger partial charge is 0.321 e. The van der Waals surface area contributed by atoms with E-state index in [1.165, 1.54) is 13.2 Å². The number of anilines is 2. The number of nitrogens with zero attached hydrogens (tertiary/aromatic N) is 2. The quantitative estimate of drug-likeness (QED) is 0.648. The smallest absolute Gasteiger partial charge is 0.283 e. The first-order chi connectivity index (χ1) is 9.07. The zero-order valence-electron chi connectivity index (χ0n) is 10.3. The molecule has 19 heavy (non-hydrogen) atoms. The molecule has 0 unspecified atom stereocenters. The van der Waals surface area contributed by atoms with Crippen LogP contribution in [-0.2, 0) is 10.0 Å². The predicted molar refractivity (Wildman–Crippen MR) is 74.1 cm³/mol. The molecule has 0 fully saturated rings. The van der Waals surface area contributed by atoms with E-state index in [4.69, 9.17) is 5.84 Å². The van der Waals surface area contributed by atoms with Gasteiger partial charge < -0.3 is 5.43 Å². The highest BCUT2D eigenvalue weighted by molar-refractivity contribution is 7.92. The fourth-order valence-electron chi connectivity index (χ4n) is 1.61. The minimum atomic E-state index is -3.76. The molecule has 1 aromatic heterocycles. The van der Waals surface area contributed by atoms with Crippen molar-refractivity contribution in [1.82, 2.24) is 4.98 Å². The lowest BCUT2D eigenvalue weighted by molar-refractivity contribution is 0.591. The maximum Gasteiger partial charge on any atom is 0.283 e. The van der Waals surface area contributed by atoms with E-state index in [1.807, 2.05) is 6.07 Å². The summed E-state index contributed by atoms with van der Waals surface area (Å²) in [6, 6.07) is 11.9. The molecule has 0 atom stereocenters. The summed E-state index contributed by atoms with van der Waals surface area (Å²) < 4.78 is 26.1. The average molecular weight is 278 g/mol. The summed E-state index contributed by atoms with van der Waals surface area (Å²) in [5, 5.41) is -0.108. The number of nitrogens with one attached hydrogen (secondary N) is 1. The molecule has 3 N–H and O–H groups in total. The van der Waals surface area contributed by atoms with Crippen molar-refractivity contribution in [3.8, 4) is 0 Å². The summed E-state index contributed by atoms with van der Waals surface area (Å²) in [5.41, 5.74) is 3.15. The van der Waals surface area contributed by atoms with Crippen LogP contribution in [0.15, 0.2) is 53.7 Å². The first-order valence-electron chi connectivity index (χ1n) is 5.53. The summed E-state index contributed by atoms with van der Waals surface area (Å²) >= 11 is 0. The van der Waals surface area contributed by atoms with Gasteiger partial charge in [-0.1, -0.05) is 18.2 Å². The summed E-state index contributed by atoms with van der Waals surface area (Å²) in [4.78, 5) is 3.90. The van der Waals surface area contributed by atoms with Gasteiger partial charge >= 0.3 is 0 Å². The SMILES string of the molecule is CN(c1ccccc1)S(=O)(=O)c1ncccc1NN. The highest BCUT2D eigenvalue weighted by Gasteiger charge is 2.25. The highest BCUT2D eigenvalue weighted by atomic mass is 32.2. The Morgan fingerprint density at radius 2 is 1.84 bits per heavy atom. The van der Waals surface area contributed by atoms with Gasteiger partial charge in [0.15, 0.2) is 0 Å². The number of hydrazine groups is 1. The van der Waals surface area contributed by atoms with Crippen LogP contribution in [0.25, 0.3) is 0 Å². The van der Waals surface area contributed by atoms with Crippen LogP contribution in [0.2, 0.25) is 0 Å². The number of pyridine rings is 1. The third-order valence-corrected chi connectivity index (χ3v) is 4.40. The van der Waals surface area contributed by atoms with Crippen molar-refractivity contribution >= 4 is 21.4 Å². The van der Waals surface area contributed by atoms with Crippen molar-refractivity contribution in [1.29, 1.82) is 0 Å². The number of nitrogen functional groups attached to an aromatic ring is 1.